The van der Waals surface area contributed by atoms with Crippen molar-refractivity contribution in [2.75, 3.05) is 7.11 Å². The van der Waals surface area contributed by atoms with Gasteiger partial charge in [0.15, 0.2) is 5.78 Å². The molecule has 1 saturated heterocycles. The zero-order chi connectivity index (χ0) is 22.0. The molecule has 0 aliphatic carbocycles. The topological polar surface area (TPSA) is 75.6 Å². The lowest BCUT2D eigenvalue weighted by Crippen LogP contribution is -2.29. The Kier molecular flexibility index (Phi) is 5.76. The van der Waals surface area contributed by atoms with E-state index in [2.05, 4.69) is 5.32 Å². The van der Waals surface area contributed by atoms with Crippen molar-refractivity contribution in [2.45, 2.75) is 31.7 Å². The first kappa shape index (κ1) is 20.7. The fourth-order valence-electron chi connectivity index (χ4n) is 4.00. The fourth-order valence-corrected chi connectivity index (χ4v) is 4.00. The summed E-state index contributed by atoms with van der Waals surface area (Å²) in [5.74, 6) is -0.733. The summed E-state index contributed by atoms with van der Waals surface area (Å²) in [5.41, 5.74) is 1.81. The van der Waals surface area contributed by atoms with E-state index in [9.17, 15) is 14.7 Å². The van der Waals surface area contributed by atoms with Gasteiger partial charge in [-0.25, -0.2) is 0 Å². The van der Waals surface area contributed by atoms with Gasteiger partial charge in [0.1, 0.15) is 17.1 Å². The molecule has 3 aromatic rings. The lowest BCUT2D eigenvalue weighted by molar-refractivity contribution is -0.117. The molecule has 2 atom stereocenters. The third kappa shape index (κ3) is 4.17. The molecule has 1 aliphatic rings. The van der Waals surface area contributed by atoms with Gasteiger partial charge in [-0.2, -0.15) is 0 Å². The SMILES string of the molecule is COc1ccc2cc(C(C)/C(O)=C3\C(=O)NC(CCc4ccccc4)C3=O)ccc2c1. The lowest BCUT2D eigenvalue weighted by atomic mass is 9.92. The minimum atomic E-state index is -0.610. The quantitative estimate of drug-likeness (QED) is 0.354. The Balaban J connectivity index is 1.55. The van der Waals surface area contributed by atoms with Gasteiger partial charge in [-0.05, 0) is 46.9 Å². The molecule has 158 valence electrons. The number of methoxy groups -OCH3 is 1. The van der Waals surface area contributed by atoms with Gasteiger partial charge < -0.3 is 15.2 Å². The maximum absolute atomic E-state index is 12.9. The zero-order valence-corrected chi connectivity index (χ0v) is 17.6. The molecular formula is C26H25NO4. The minimum Gasteiger partial charge on any atom is -0.511 e. The van der Waals surface area contributed by atoms with Gasteiger partial charge >= 0.3 is 0 Å². The van der Waals surface area contributed by atoms with Gasteiger partial charge in [-0.3, -0.25) is 9.59 Å². The van der Waals surface area contributed by atoms with E-state index in [1.54, 1.807) is 14.0 Å². The van der Waals surface area contributed by atoms with Gasteiger partial charge in [-0.15, -0.1) is 0 Å². The average molecular weight is 415 g/mol. The van der Waals surface area contributed by atoms with Crippen molar-refractivity contribution in [1.82, 2.24) is 5.32 Å². The van der Waals surface area contributed by atoms with Gasteiger partial charge in [0.05, 0.1) is 13.2 Å². The normalized spacial score (nSPS) is 18.7. The summed E-state index contributed by atoms with van der Waals surface area (Å²) in [6.07, 6.45) is 1.17. The van der Waals surface area contributed by atoms with Gasteiger partial charge in [-0.1, -0.05) is 61.5 Å². The number of hydrogen-bond donors (Lipinski definition) is 2. The Labute approximate surface area is 181 Å². The molecule has 5 nitrogen and oxygen atoms in total. The summed E-state index contributed by atoms with van der Waals surface area (Å²) in [6, 6.07) is 20.8. The lowest BCUT2D eigenvalue weighted by Gasteiger charge is -2.14. The summed E-state index contributed by atoms with van der Waals surface area (Å²) in [7, 11) is 1.62. The summed E-state index contributed by atoms with van der Waals surface area (Å²) in [4.78, 5) is 25.4. The van der Waals surface area contributed by atoms with Crippen LogP contribution in [-0.4, -0.2) is 29.9 Å². The van der Waals surface area contributed by atoms with Crippen molar-refractivity contribution < 1.29 is 19.4 Å². The number of aliphatic hydroxyl groups is 1. The highest BCUT2D eigenvalue weighted by molar-refractivity contribution is 6.27. The molecule has 0 bridgehead atoms. The van der Waals surface area contributed by atoms with Crippen LogP contribution >= 0.6 is 0 Å². The number of carbonyl (C=O) groups is 2. The molecule has 2 unspecified atom stereocenters. The van der Waals surface area contributed by atoms with Crippen LogP contribution in [0.5, 0.6) is 5.75 Å². The molecule has 0 aromatic heterocycles. The molecule has 0 radical (unpaired) electrons. The minimum absolute atomic E-state index is 0.125. The number of carbonyl (C=O) groups excluding carboxylic acids is 2. The van der Waals surface area contributed by atoms with Gasteiger partial charge in [0.25, 0.3) is 5.91 Å². The molecule has 0 saturated carbocycles. The molecule has 1 heterocycles. The molecule has 3 aromatic carbocycles. The molecule has 1 aliphatic heterocycles. The third-order valence-electron chi connectivity index (χ3n) is 5.90. The van der Waals surface area contributed by atoms with Crippen LogP contribution in [0.2, 0.25) is 0 Å². The van der Waals surface area contributed by atoms with Crippen molar-refractivity contribution in [1.29, 1.82) is 0 Å². The summed E-state index contributed by atoms with van der Waals surface area (Å²) in [5, 5.41) is 15.6. The van der Waals surface area contributed by atoms with Gasteiger partial charge in [0.2, 0.25) is 0 Å². The van der Waals surface area contributed by atoms with Crippen LogP contribution in [0, 0.1) is 0 Å². The number of nitrogens with one attached hydrogen (secondary N) is 1. The monoisotopic (exact) mass is 415 g/mol. The van der Waals surface area contributed by atoms with Crippen LogP contribution in [0.1, 0.15) is 30.4 Å². The molecule has 5 heteroatoms. The van der Waals surface area contributed by atoms with Crippen LogP contribution in [-0.2, 0) is 16.0 Å². The standard InChI is InChI=1S/C26H25NO4/c1-16(18-9-10-20-15-21(31-2)12-11-19(20)14-18)24(28)23-25(29)22(27-26(23)30)13-8-17-6-4-3-5-7-17/h3-7,9-12,14-16,22,28H,8,13H2,1-2H3,(H,27,30)/b24-23+. The number of rotatable bonds is 6. The Morgan fingerprint density at radius 3 is 2.48 bits per heavy atom. The van der Waals surface area contributed by atoms with Gasteiger partial charge in [0, 0.05) is 5.92 Å². The van der Waals surface area contributed by atoms with Crippen LogP contribution in [0.4, 0.5) is 0 Å². The molecular weight excluding hydrogens is 390 g/mol. The summed E-state index contributed by atoms with van der Waals surface area (Å²) in [6.45, 7) is 1.80. The Morgan fingerprint density at radius 2 is 1.74 bits per heavy atom. The number of ether oxygens (including phenoxy) is 1. The Morgan fingerprint density at radius 1 is 1.03 bits per heavy atom. The van der Waals surface area contributed by atoms with Crippen molar-refractivity contribution in [2.24, 2.45) is 0 Å². The van der Waals surface area contributed by atoms with E-state index in [0.29, 0.717) is 12.8 Å². The van der Waals surface area contributed by atoms with Crippen molar-refractivity contribution in [3.05, 3.63) is 89.2 Å². The zero-order valence-electron chi connectivity index (χ0n) is 17.6. The molecule has 2 N–H and O–H groups in total. The number of amides is 1. The average Bonchev–Trinajstić information content (AvgIpc) is 3.09. The highest BCUT2D eigenvalue weighted by atomic mass is 16.5. The number of allylic oxidation sites excluding steroid dienone is 1. The largest absolute Gasteiger partial charge is 0.511 e. The fraction of sp³-hybridized carbons (Fsp3) is 0.231. The van der Waals surface area contributed by atoms with Crippen molar-refractivity contribution in [3.8, 4) is 5.75 Å². The number of Topliss-reactive ketones (excluding diaryl/α,β-unsaturated/α-hetero) is 1. The predicted molar refractivity (Wildman–Crippen MR) is 120 cm³/mol. The maximum Gasteiger partial charge on any atom is 0.259 e. The molecule has 1 fully saturated rings. The first-order valence-corrected chi connectivity index (χ1v) is 10.4. The number of fused-ring (bicyclic) bond motifs is 1. The third-order valence-corrected chi connectivity index (χ3v) is 5.90. The first-order valence-electron chi connectivity index (χ1n) is 10.4. The highest BCUT2D eigenvalue weighted by Crippen LogP contribution is 2.31. The van der Waals surface area contributed by atoms with Crippen molar-refractivity contribution in [3.63, 3.8) is 0 Å². The number of benzene rings is 3. The second-order valence-electron chi connectivity index (χ2n) is 7.87. The second-order valence-corrected chi connectivity index (χ2v) is 7.87. The van der Waals surface area contributed by atoms with Crippen LogP contribution in [0.15, 0.2) is 78.1 Å². The maximum atomic E-state index is 12.9. The van der Waals surface area contributed by atoms with Crippen LogP contribution in [0.3, 0.4) is 0 Å². The Hall–Kier alpha value is -3.60. The Bertz CT molecular complexity index is 1170. The van der Waals surface area contributed by atoms with E-state index >= 15 is 0 Å². The first-order chi connectivity index (χ1) is 15.0. The van der Waals surface area contributed by atoms with E-state index in [1.165, 1.54) is 0 Å². The highest BCUT2D eigenvalue weighted by Gasteiger charge is 2.39. The van der Waals surface area contributed by atoms with E-state index in [-0.39, 0.29) is 17.1 Å². The predicted octanol–water partition coefficient (Wildman–Crippen LogP) is 4.46. The van der Waals surface area contributed by atoms with E-state index in [0.717, 1.165) is 27.6 Å². The molecule has 0 spiro atoms. The number of ketones is 1. The van der Waals surface area contributed by atoms with E-state index < -0.39 is 17.9 Å². The summed E-state index contributed by atoms with van der Waals surface area (Å²) >= 11 is 0. The summed E-state index contributed by atoms with van der Waals surface area (Å²) < 4.78 is 5.26. The number of aliphatic hydroxyl groups excluding tert-OH is 1. The van der Waals surface area contributed by atoms with Crippen LogP contribution in [0.25, 0.3) is 10.8 Å². The molecule has 1 amide bonds. The van der Waals surface area contributed by atoms with E-state index in [1.807, 2.05) is 66.7 Å². The molecule has 31 heavy (non-hydrogen) atoms. The number of hydrogen-bond acceptors (Lipinski definition) is 4. The molecule has 4 rings (SSSR count). The smallest absolute Gasteiger partial charge is 0.259 e. The van der Waals surface area contributed by atoms with Crippen molar-refractivity contribution >= 4 is 22.5 Å². The van der Waals surface area contributed by atoms with Crippen LogP contribution < -0.4 is 10.1 Å². The number of aryl methyl sites for hydroxylation is 1. The van der Waals surface area contributed by atoms with E-state index in [4.69, 9.17) is 4.74 Å². The second kappa shape index (κ2) is 8.64.